The summed E-state index contributed by atoms with van der Waals surface area (Å²) in [6.07, 6.45) is 3.37. The SMILES string of the molecule is O=[N+]([O-])c1ccc2c(c1)C(c1cccs1)=[N+]([O-])Cc1nccn1-2. The average molecular weight is 326 g/mol. The van der Waals surface area contributed by atoms with Crippen LogP contribution >= 0.6 is 11.3 Å². The molecule has 1 aromatic carbocycles. The number of aromatic nitrogens is 2. The molecule has 4 rings (SSSR count). The summed E-state index contributed by atoms with van der Waals surface area (Å²) in [7, 11) is 0. The van der Waals surface area contributed by atoms with Crippen LogP contribution in [0.1, 0.15) is 16.3 Å². The summed E-state index contributed by atoms with van der Waals surface area (Å²) >= 11 is 1.42. The van der Waals surface area contributed by atoms with Gasteiger partial charge in [0.2, 0.25) is 12.3 Å². The number of imidazole rings is 1. The van der Waals surface area contributed by atoms with E-state index in [0.29, 0.717) is 22.8 Å². The number of hydrogen-bond acceptors (Lipinski definition) is 5. The first kappa shape index (κ1) is 13.6. The van der Waals surface area contributed by atoms with E-state index in [1.54, 1.807) is 23.0 Å². The van der Waals surface area contributed by atoms with Crippen molar-refractivity contribution in [3.8, 4) is 5.69 Å². The number of nitro groups is 1. The van der Waals surface area contributed by atoms with Crippen molar-refractivity contribution in [1.29, 1.82) is 0 Å². The third-order valence-electron chi connectivity index (χ3n) is 3.71. The van der Waals surface area contributed by atoms with Gasteiger partial charge in [-0.05, 0) is 17.5 Å². The topological polar surface area (TPSA) is 87.0 Å². The molecule has 0 aliphatic carbocycles. The van der Waals surface area contributed by atoms with Gasteiger partial charge in [-0.3, -0.25) is 14.7 Å². The Balaban J connectivity index is 2.06. The number of non-ortho nitro benzene ring substituents is 1. The lowest BCUT2D eigenvalue weighted by Crippen LogP contribution is -2.16. The quantitative estimate of drug-likeness (QED) is 0.313. The molecule has 3 aromatic rings. The Bertz CT molecular complexity index is 944. The molecule has 1 aliphatic heterocycles. The van der Waals surface area contributed by atoms with Crippen LogP contribution in [0.15, 0.2) is 48.1 Å². The predicted octanol–water partition coefficient (Wildman–Crippen LogP) is 2.70. The van der Waals surface area contributed by atoms with Gasteiger partial charge >= 0.3 is 0 Å². The van der Waals surface area contributed by atoms with Crippen molar-refractivity contribution in [1.82, 2.24) is 9.55 Å². The minimum atomic E-state index is -0.457. The fraction of sp³-hybridized carbons (Fsp3) is 0.0667. The maximum absolute atomic E-state index is 12.7. The van der Waals surface area contributed by atoms with Crippen molar-refractivity contribution in [3.05, 3.63) is 79.7 Å². The van der Waals surface area contributed by atoms with Gasteiger partial charge in [0.1, 0.15) is 4.88 Å². The van der Waals surface area contributed by atoms with E-state index in [2.05, 4.69) is 4.98 Å². The predicted molar refractivity (Wildman–Crippen MR) is 85.1 cm³/mol. The summed E-state index contributed by atoms with van der Waals surface area (Å²) in [6, 6.07) is 8.23. The van der Waals surface area contributed by atoms with Gasteiger partial charge in [-0.2, -0.15) is 4.74 Å². The van der Waals surface area contributed by atoms with E-state index in [1.165, 1.54) is 23.5 Å². The molecule has 0 saturated carbocycles. The third-order valence-corrected chi connectivity index (χ3v) is 4.59. The smallest absolute Gasteiger partial charge is 0.270 e. The first-order valence-corrected chi connectivity index (χ1v) is 7.70. The second kappa shape index (κ2) is 5.03. The summed E-state index contributed by atoms with van der Waals surface area (Å²) in [5.74, 6) is 0.599. The molecular formula is C15H10N4O3S. The van der Waals surface area contributed by atoms with Crippen molar-refractivity contribution >= 4 is 22.7 Å². The van der Waals surface area contributed by atoms with Gasteiger partial charge in [0, 0.05) is 24.5 Å². The van der Waals surface area contributed by atoms with Gasteiger partial charge in [0.25, 0.3) is 5.69 Å². The minimum absolute atomic E-state index is 0.0465. The zero-order valence-electron chi connectivity index (χ0n) is 11.7. The van der Waals surface area contributed by atoms with Gasteiger partial charge < -0.3 is 5.21 Å². The van der Waals surface area contributed by atoms with Crippen LogP contribution in [0.3, 0.4) is 0 Å². The number of hydroxylamine groups is 1. The molecule has 0 amide bonds. The molecule has 0 atom stereocenters. The maximum atomic E-state index is 12.7. The van der Waals surface area contributed by atoms with Crippen molar-refractivity contribution in [2.75, 3.05) is 0 Å². The molecule has 3 heterocycles. The first-order valence-electron chi connectivity index (χ1n) is 6.82. The summed E-state index contributed by atoms with van der Waals surface area (Å²) in [4.78, 5) is 15.7. The van der Waals surface area contributed by atoms with Crippen LogP contribution in [0, 0.1) is 15.3 Å². The van der Waals surface area contributed by atoms with Crippen LogP contribution in [0.2, 0.25) is 0 Å². The molecule has 7 nitrogen and oxygen atoms in total. The fourth-order valence-corrected chi connectivity index (χ4v) is 3.50. The highest BCUT2D eigenvalue weighted by Crippen LogP contribution is 2.29. The average Bonchev–Trinajstić information content (AvgIpc) is 3.18. The summed E-state index contributed by atoms with van der Waals surface area (Å²) in [6.45, 7) is 0.0860. The van der Waals surface area contributed by atoms with Gasteiger partial charge in [-0.25, -0.2) is 4.98 Å². The number of nitrogens with zero attached hydrogens (tertiary/aromatic N) is 4. The van der Waals surface area contributed by atoms with Crippen LogP contribution in [0.4, 0.5) is 5.69 Å². The van der Waals surface area contributed by atoms with Crippen LogP contribution in [0.25, 0.3) is 5.69 Å². The lowest BCUT2D eigenvalue weighted by molar-refractivity contribution is -0.475. The number of fused-ring (bicyclic) bond motifs is 3. The third kappa shape index (κ3) is 2.11. The monoisotopic (exact) mass is 326 g/mol. The van der Waals surface area contributed by atoms with Gasteiger partial charge in [-0.1, -0.05) is 6.07 Å². The fourth-order valence-electron chi connectivity index (χ4n) is 2.72. The van der Waals surface area contributed by atoms with Crippen LogP contribution < -0.4 is 0 Å². The number of nitro benzene ring substituents is 1. The highest BCUT2D eigenvalue weighted by Gasteiger charge is 2.28. The van der Waals surface area contributed by atoms with Crippen LogP contribution in [0.5, 0.6) is 0 Å². The van der Waals surface area contributed by atoms with Crippen molar-refractivity contribution in [2.45, 2.75) is 6.54 Å². The number of benzene rings is 1. The van der Waals surface area contributed by atoms with E-state index >= 15 is 0 Å². The standard InChI is InChI=1S/C15H10N4O3S/c20-18-9-14-16-5-6-17(14)12-4-3-10(19(21)22)8-11(12)15(18)13-2-1-7-23-13/h1-8H,9H2. The Morgan fingerprint density at radius 2 is 2.22 bits per heavy atom. The number of hydrogen-bond donors (Lipinski definition) is 0. The van der Waals surface area contributed by atoms with Gasteiger partial charge in [-0.15, -0.1) is 11.3 Å². The largest absolute Gasteiger partial charge is 0.623 e. The Hall–Kier alpha value is -3.00. The minimum Gasteiger partial charge on any atom is -0.623 e. The second-order valence-corrected chi connectivity index (χ2v) is 5.98. The normalized spacial score (nSPS) is 13.4. The highest BCUT2D eigenvalue weighted by atomic mass is 32.1. The second-order valence-electron chi connectivity index (χ2n) is 5.03. The molecule has 23 heavy (non-hydrogen) atoms. The molecule has 0 radical (unpaired) electrons. The Kier molecular flexibility index (Phi) is 2.98. The van der Waals surface area contributed by atoms with Crippen molar-refractivity contribution < 1.29 is 9.66 Å². The van der Waals surface area contributed by atoms with E-state index in [-0.39, 0.29) is 12.2 Å². The molecule has 114 valence electrons. The molecule has 0 saturated heterocycles. The van der Waals surface area contributed by atoms with Crippen LogP contribution in [-0.2, 0) is 6.54 Å². The number of thiophene rings is 1. The Labute approximate surface area is 134 Å². The lowest BCUT2D eigenvalue weighted by atomic mass is 10.1. The molecule has 8 heteroatoms. The highest BCUT2D eigenvalue weighted by molar-refractivity contribution is 7.12. The van der Waals surface area contributed by atoms with E-state index in [0.717, 1.165) is 9.62 Å². The molecule has 0 fully saturated rings. The van der Waals surface area contributed by atoms with Crippen molar-refractivity contribution in [3.63, 3.8) is 0 Å². The van der Waals surface area contributed by atoms with Gasteiger partial charge in [0.15, 0.2) is 5.82 Å². The van der Waals surface area contributed by atoms with Gasteiger partial charge in [0.05, 0.1) is 16.2 Å². The first-order chi connectivity index (χ1) is 11.1. The number of rotatable bonds is 2. The summed E-state index contributed by atoms with van der Waals surface area (Å²) in [5, 5.41) is 25.7. The molecule has 2 aromatic heterocycles. The molecular weight excluding hydrogens is 316 g/mol. The summed E-state index contributed by atoms with van der Waals surface area (Å²) < 4.78 is 2.64. The van der Waals surface area contributed by atoms with E-state index < -0.39 is 4.92 Å². The molecule has 0 N–H and O–H groups in total. The van der Waals surface area contributed by atoms with E-state index in [1.807, 2.05) is 17.5 Å². The van der Waals surface area contributed by atoms with E-state index in [9.17, 15) is 15.3 Å². The Morgan fingerprint density at radius 3 is 2.96 bits per heavy atom. The lowest BCUT2D eigenvalue weighted by Gasteiger charge is -2.09. The maximum Gasteiger partial charge on any atom is 0.270 e. The summed E-state index contributed by atoms with van der Waals surface area (Å²) in [5.41, 5.74) is 1.64. The van der Waals surface area contributed by atoms with Crippen molar-refractivity contribution in [2.24, 2.45) is 0 Å². The molecule has 0 spiro atoms. The zero-order valence-corrected chi connectivity index (χ0v) is 12.6. The van der Waals surface area contributed by atoms with Crippen LogP contribution in [-0.4, -0.2) is 24.9 Å². The zero-order chi connectivity index (χ0) is 16.0. The van der Waals surface area contributed by atoms with E-state index in [4.69, 9.17) is 0 Å². The Morgan fingerprint density at radius 1 is 1.35 bits per heavy atom. The molecule has 1 aliphatic rings. The molecule has 0 unspecified atom stereocenters. The molecule has 0 bridgehead atoms.